The van der Waals surface area contributed by atoms with Gasteiger partial charge in [0.1, 0.15) is 11.3 Å². The molecule has 0 saturated heterocycles. The number of halogens is 1. The molecule has 0 aliphatic heterocycles. The zero-order valence-corrected chi connectivity index (χ0v) is 17.0. The maximum absolute atomic E-state index is 13.5. The summed E-state index contributed by atoms with van der Waals surface area (Å²) in [6.07, 6.45) is 2.96. The van der Waals surface area contributed by atoms with Gasteiger partial charge >= 0.3 is 0 Å². The quantitative estimate of drug-likeness (QED) is 0.408. The van der Waals surface area contributed by atoms with Gasteiger partial charge in [0.25, 0.3) is 5.91 Å². The maximum Gasteiger partial charge on any atom is 0.254 e. The molecular formula is C24H23FN4O2. The third kappa shape index (κ3) is 5.99. The van der Waals surface area contributed by atoms with Crippen LogP contribution in [0.25, 0.3) is 11.0 Å². The van der Waals surface area contributed by atoms with E-state index in [1.54, 1.807) is 24.5 Å². The number of amides is 2. The molecule has 4 aromatic rings. The number of fused-ring (bicyclic) bond motifs is 1. The number of rotatable bonds is 6. The lowest BCUT2D eigenvalue weighted by atomic mass is 10.1. The van der Waals surface area contributed by atoms with Crippen LogP contribution in [-0.2, 0) is 11.2 Å². The van der Waals surface area contributed by atoms with Crippen molar-refractivity contribution in [3.8, 4) is 0 Å². The fourth-order valence-electron chi connectivity index (χ4n) is 3.11. The molecule has 31 heavy (non-hydrogen) atoms. The highest BCUT2D eigenvalue weighted by atomic mass is 19.1. The standard InChI is InChI=1S/C16H16FNO.C8H7N3O/c1-12(11-13-7-3-2-4-8-13)18-16(19)14-9-5-6-10-15(14)17;12-5-11-7-3-1-2-6-8(7)10-4-9-6/h2-10,12H,11H2,1H3,(H,18,19);1-5H,(H,9,10)(H,11,12). The van der Waals surface area contributed by atoms with Gasteiger partial charge in [-0.2, -0.15) is 0 Å². The summed E-state index contributed by atoms with van der Waals surface area (Å²) >= 11 is 0. The minimum atomic E-state index is -0.494. The molecule has 0 aliphatic rings. The average Bonchev–Trinajstić information content (AvgIpc) is 3.25. The zero-order chi connectivity index (χ0) is 22.1. The van der Waals surface area contributed by atoms with E-state index in [1.807, 2.05) is 49.4 Å². The predicted molar refractivity (Wildman–Crippen MR) is 119 cm³/mol. The number of benzene rings is 3. The van der Waals surface area contributed by atoms with E-state index in [0.29, 0.717) is 6.41 Å². The summed E-state index contributed by atoms with van der Waals surface area (Å²) in [5, 5.41) is 5.38. The van der Waals surface area contributed by atoms with E-state index in [1.165, 1.54) is 12.1 Å². The summed E-state index contributed by atoms with van der Waals surface area (Å²) in [5.74, 6) is -0.867. The van der Waals surface area contributed by atoms with Gasteiger partial charge < -0.3 is 15.6 Å². The third-order valence-corrected chi connectivity index (χ3v) is 4.54. The summed E-state index contributed by atoms with van der Waals surface area (Å²) < 4.78 is 13.5. The Morgan fingerprint density at radius 1 is 1.06 bits per heavy atom. The number of hydrogen-bond acceptors (Lipinski definition) is 3. The van der Waals surface area contributed by atoms with Gasteiger partial charge in [0.05, 0.1) is 23.1 Å². The smallest absolute Gasteiger partial charge is 0.254 e. The van der Waals surface area contributed by atoms with Gasteiger partial charge in [-0.1, -0.05) is 48.5 Å². The molecule has 2 amide bonds. The first kappa shape index (κ1) is 21.7. The molecule has 1 aromatic heterocycles. The number of aromatic amines is 1. The number of aromatic nitrogens is 2. The van der Waals surface area contributed by atoms with Crippen LogP contribution in [0.1, 0.15) is 22.8 Å². The minimum Gasteiger partial charge on any atom is -0.349 e. The summed E-state index contributed by atoms with van der Waals surface area (Å²) in [5.41, 5.74) is 3.65. The third-order valence-electron chi connectivity index (χ3n) is 4.54. The molecular weight excluding hydrogens is 395 g/mol. The Labute approximate surface area is 179 Å². The van der Waals surface area contributed by atoms with Crippen LogP contribution in [0.15, 0.2) is 79.1 Å². The largest absolute Gasteiger partial charge is 0.349 e. The number of imidazole rings is 1. The van der Waals surface area contributed by atoms with Crippen LogP contribution in [0.2, 0.25) is 0 Å². The maximum atomic E-state index is 13.5. The van der Waals surface area contributed by atoms with Gasteiger partial charge in [-0.05, 0) is 43.2 Å². The highest BCUT2D eigenvalue weighted by molar-refractivity contribution is 5.94. The number of carbonyl (C=O) groups excluding carboxylic acids is 2. The van der Waals surface area contributed by atoms with E-state index in [9.17, 15) is 14.0 Å². The number of anilines is 1. The molecule has 0 fully saturated rings. The van der Waals surface area contributed by atoms with E-state index in [-0.39, 0.29) is 17.5 Å². The summed E-state index contributed by atoms with van der Waals surface area (Å²) in [7, 11) is 0. The average molecular weight is 418 g/mol. The van der Waals surface area contributed by atoms with Crippen molar-refractivity contribution in [1.82, 2.24) is 15.3 Å². The summed E-state index contributed by atoms with van der Waals surface area (Å²) in [6, 6.07) is 21.4. The molecule has 3 N–H and O–H groups in total. The second kappa shape index (κ2) is 10.7. The normalized spacial score (nSPS) is 11.2. The Morgan fingerprint density at radius 2 is 1.81 bits per heavy atom. The van der Waals surface area contributed by atoms with E-state index in [2.05, 4.69) is 20.6 Å². The first-order valence-electron chi connectivity index (χ1n) is 9.80. The molecule has 0 bridgehead atoms. The lowest BCUT2D eigenvalue weighted by Gasteiger charge is -2.14. The zero-order valence-electron chi connectivity index (χ0n) is 17.0. The van der Waals surface area contributed by atoms with Crippen molar-refractivity contribution in [1.29, 1.82) is 0 Å². The number of H-pyrrole nitrogens is 1. The Morgan fingerprint density at radius 3 is 2.55 bits per heavy atom. The van der Waals surface area contributed by atoms with Crippen molar-refractivity contribution in [3.63, 3.8) is 0 Å². The van der Waals surface area contributed by atoms with Crippen LogP contribution < -0.4 is 10.6 Å². The molecule has 0 aliphatic carbocycles. The van der Waals surface area contributed by atoms with Crippen molar-refractivity contribution in [2.75, 3.05) is 5.32 Å². The number of carbonyl (C=O) groups is 2. The minimum absolute atomic E-state index is 0.0468. The fraction of sp³-hybridized carbons (Fsp3) is 0.125. The molecule has 1 unspecified atom stereocenters. The Kier molecular flexibility index (Phi) is 7.48. The van der Waals surface area contributed by atoms with Gasteiger partial charge in [0.15, 0.2) is 0 Å². The molecule has 7 heteroatoms. The molecule has 0 radical (unpaired) electrons. The predicted octanol–water partition coefficient (Wildman–Crippen LogP) is 4.32. The van der Waals surface area contributed by atoms with Crippen LogP contribution in [0.3, 0.4) is 0 Å². The van der Waals surface area contributed by atoms with Crippen molar-refractivity contribution in [2.24, 2.45) is 0 Å². The van der Waals surface area contributed by atoms with Crippen molar-refractivity contribution in [3.05, 3.63) is 96.1 Å². The van der Waals surface area contributed by atoms with E-state index >= 15 is 0 Å². The van der Waals surface area contributed by atoms with Crippen LogP contribution in [0.5, 0.6) is 0 Å². The molecule has 1 heterocycles. The topological polar surface area (TPSA) is 86.9 Å². The Balaban J connectivity index is 0.000000194. The van der Waals surface area contributed by atoms with Gasteiger partial charge in [0.2, 0.25) is 6.41 Å². The highest BCUT2D eigenvalue weighted by Gasteiger charge is 2.13. The number of nitrogens with zero attached hydrogens (tertiary/aromatic N) is 1. The number of nitrogens with one attached hydrogen (secondary N) is 3. The van der Waals surface area contributed by atoms with Crippen molar-refractivity contribution < 1.29 is 14.0 Å². The molecule has 3 aromatic carbocycles. The lowest BCUT2D eigenvalue weighted by molar-refractivity contribution is -0.105. The van der Waals surface area contributed by atoms with Crippen LogP contribution >= 0.6 is 0 Å². The fourth-order valence-corrected chi connectivity index (χ4v) is 3.11. The van der Waals surface area contributed by atoms with Gasteiger partial charge in [0, 0.05) is 6.04 Å². The van der Waals surface area contributed by atoms with Gasteiger partial charge in [-0.25, -0.2) is 9.37 Å². The Bertz CT molecular complexity index is 1140. The van der Waals surface area contributed by atoms with Crippen LogP contribution in [0, 0.1) is 5.82 Å². The summed E-state index contributed by atoms with van der Waals surface area (Å²) in [6.45, 7) is 1.91. The molecule has 1 atom stereocenters. The van der Waals surface area contributed by atoms with Crippen molar-refractivity contribution >= 4 is 29.0 Å². The summed E-state index contributed by atoms with van der Waals surface area (Å²) in [4.78, 5) is 29.1. The van der Waals surface area contributed by atoms with Crippen molar-refractivity contribution in [2.45, 2.75) is 19.4 Å². The van der Waals surface area contributed by atoms with Crippen LogP contribution in [0.4, 0.5) is 10.1 Å². The van der Waals surface area contributed by atoms with Gasteiger partial charge in [-0.3, -0.25) is 9.59 Å². The van der Waals surface area contributed by atoms with Crippen LogP contribution in [-0.4, -0.2) is 28.3 Å². The SMILES string of the molecule is CC(Cc1ccccc1)NC(=O)c1ccccc1F.O=CNc1cccc2[nH]cnc12. The molecule has 158 valence electrons. The first-order valence-corrected chi connectivity index (χ1v) is 9.80. The number of hydrogen-bond donors (Lipinski definition) is 3. The molecule has 0 saturated carbocycles. The second-order valence-electron chi connectivity index (χ2n) is 6.91. The molecule has 6 nitrogen and oxygen atoms in total. The highest BCUT2D eigenvalue weighted by Crippen LogP contribution is 2.18. The van der Waals surface area contributed by atoms with Gasteiger partial charge in [-0.15, -0.1) is 0 Å². The number of para-hydroxylation sites is 1. The van der Waals surface area contributed by atoms with E-state index in [0.717, 1.165) is 28.7 Å². The monoisotopic (exact) mass is 418 g/mol. The molecule has 4 rings (SSSR count). The molecule has 0 spiro atoms. The Hall–Kier alpha value is -4.00. The first-order chi connectivity index (χ1) is 15.1. The van der Waals surface area contributed by atoms with E-state index < -0.39 is 5.82 Å². The lowest BCUT2D eigenvalue weighted by Crippen LogP contribution is -2.34. The van der Waals surface area contributed by atoms with E-state index in [4.69, 9.17) is 0 Å². The second-order valence-corrected chi connectivity index (χ2v) is 6.91.